The fourth-order valence-corrected chi connectivity index (χ4v) is 4.61. The predicted molar refractivity (Wildman–Crippen MR) is 110 cm³/mol. The van der Waals surface area contributed by atoms with Crippen molar-refractivity contribution in [2.45, 2.75) is 5.16 Å². The standard InChI is InChI=1S/C18H18N6OS2/c1-24-14(17-22-13-15(19)20-10-21-16(13)27-17)12(11-6-4-3-5-7-11)23-18(24)26-9-8-25-2/h3-7,10H,8-9H2,1-2H3,(H2,19,20,21). The smallest absolute Gasteiger partial charge is 0.168 e. The summed E-state index contributed by atoms with van der Waals surface area (Å²) in [5.74, 6) is 1.22. The fourth-order valence-electron chi connectivity index (χ4n) is 2.74. The molecule has 3 aromatic heterocycles. The molecule has 2 N–H and O–H groups in total. The molecule has 9 heteroatoms. The molecule has 0 amide bonds. The van der Waals surface area contributed by atoms with E-state index in [-0.39, 0.29) is 0 Å². The summed E-state index contributed by atoms with van der Waals surface area (Å²) in [6.45, 7) is 0.667. The van der Waals surface area contributed by atoms with E-state index in [4.69, 9.17) is 20.4 Å². The summed E-state index contributed by atoms with van der Waals surface area (Å²) in [4.78, 5) is 18.7. The number of hydrogen-bond donors (Lipinski definition) is 1. The lowest BCUT2D eigenvalue weighted by Gasteiger charge is -2.04. The zero-order valence-electron chi connectivity index (χ0n) is 14.9. The van der Waals surface area contributed by atoms with E-state index in [0.717, 1.165) is 37.7 Å². The molecule has 7 nitrogen and oxygen atoms in total. The number of benzene rings is 1. The van der Waals surface area contributed by atoms with Gasteiger partial charge in [-0.25, -0.2) is 19.9 Å². The van der Waals surface area contributed by atoms with Gasteiger partial charge in [-0.1, -0.05) is 53.4 Å². The number of thioether (sulfide) groups is 1. The number of methoxy groups -OCH3 is 1. The van der Waals surface area contributed by atoms with Crippen molar-refractivity contribution in [3.8, 4) is 22.0 Å². The van der Waals surface area contributed by atoms with Crippen molar-refractivity contribution >= 4 is 39.3 Å². The second-order valence-electron chi connectivity index (χ2n) is 5.79. The van der Waals surface area contributed by atoms with E-state index in [0.29, 0.717) is 17.9 Å². The summed E-state index contributed by atoms with van der Waals surface area (Å²) < 4.78 is 7.24. The van der Waals surface area contributed by atoms with Crippen LogP contribution in [0.2, 0.25) is 0 Å². The molecule has 0 bridgehead atoms. The third-order valence-electron chi connectivity index (χ3n) is 4.05. The van der Waals surface area contributed by atoms with Crippen LogP contribution < -0.4 is 5.73 Å². The van der Waals surface area contributed by atoms with Crippen LogP contribution in [-0.4, -0.2) is 44.0 Å². The molecule has 4 aromatic rings. The molecule has 1 aromatic carbocycles. The second kappa shape index (κ2) is 7.63. The molecule has 0 unspecified atom stereocenters. The first-order valence-corrected chi connectivity index (χ1v) is 10.1. The van der Waals surface area contributed by atoms with Crippen LogP contribution in [0, 0.1) is 0 Å². The van der Waals surface area contributed by atoms with Gasteiger partial charge in [-0.2, -0.15) is 0 Å². The molecule has 0 spiro atoms. The van der Waals surface area contributed by atoms with Gasteiger partial charge in [-0.3, -0.25) is 0 Å². The predicted octanol–water partition coefficient (Wildman–Crippen LogP) is 3.47. The lowest BCUT2D eigenvalue weighted by atomic mass is 10.1. The van der Waals surface area contributed by atoms with E-state index in [2.05, 4.69) is 26.7 Å². The number of thiazole rings is 1. The summed E-state index contributed by atoms with van der Waals surface area (Å²) in [5.41, 5.74) is 9.49. The lowest BCUT2D eigenvalue weighted by Crippen LogP contribution is -1.97. The largest absolute Gasteiger partial charge is 0.384 e. The highest BCUT2D eigenvalue weighted by atomic mass is 32.2. The van der Waals surface area contributed by atoms with Crippen LogP contribution in [0.3, 0.4) is 0 Å². The zero-order valence-corrected chi connectivity index (χ0v) is 16.5. The van der Waals surface area contributed by atoms with Gasteiger partial charge in [0.2, 0.25) is 0 Å². The number of hydrogen-bond acceptors (Lipinski definition) is 8. The first-order chi connectivity index (χ1) is 13.2. The van der Waals surface area contributed by atoms with Gasteiger partial charge in [0.1, 0.15) is 33.1 Å². The van der Waals surface area contributed by atoms with Gasteiger partial charge in [0, 0.05) is 25.5 Å². The van der Waals surface area contributed by atoms with Crippen LogP contribution in [0.25, 0.3) is 32.3 Å². The van der Waals surface area contributed by atoms with Crippen LogP contribution >= 0.6 is 23.1 Å². The Bertz CT molecular complexity index is 1080. The van der Waals surface area contributed by atoms with E-state index in [1.165, 1.54) is 17.7 Å². The number of imidazole rings is 1. The Kier molecular flexibility index (Phi) is 5.06. The van der Waals surface area contributed by atoms with Crippen molar-refractivity contribution in [3.05, 3.63) is 36.7 Å². The molecule has 0 aliphatic rings. The Labute approximate surface area is 164 Å². The SMILES string of the molecule is COCCSc1nc(-c2ccccc2)c(-c2nc3c(N)ncnc3s2)n1C. The van der Waals surface area contributed by atoms with Gasteiger partial charge in [-0.05, 0) is 0 Å². The van der Waals surface area contributed by atoms with E-state index >= 15 is 0 Å². The highest BCUT2D eigenvalue weighted by Gasteiger charge is 2.22. The summed E-state index contributed by atoms with van der Waals surface area (Å²) in [7, 11) is 3.71. The maximum absolute atomic E-state index is 5.97. The monoisotopic (exact) mass is 398 g/mol. The third kappa shape index (κ3) is 3.41. The highest BCUT2D eigenvalue weighted by molar-refractivity contribution is 7.99. The number of nitrogen functional groups attached to an aromatic ring is 1. The number of fused-ring (bicyclic) bond motifs is 1. The Hall–Kier alpha value is -2.49. The Morgan fingerprint density at radius 3 is 2.74 bits per heavy atom. The lowest BCUT2D eigenvalue weighted by molar-refractivity contribution is 0.218. The van der Waals surface area contributed by atoms with E-state index in [1.807, 2.05) is 25.2 Å². The summed E-state index contributed by atoms with van der Waals surface area (Å²) in [5, 5.41) is 1.74. The van der Waals surface area contributed by atoms with Crippen LogP contribution in [0.5, 0.6) is 0 Å². The molecule has 138 valence electrons. The Morgan fingerprint density at radius 1 is 1.19 bits per heavy atom. The molecule has 0 aliphatic heterocycles. The molecule has 0 radical (unpaired) electrons. The van der Waals surface area contributed by atoms with Crippen molar-refractivity contribution in [1.82, 2.24) is 24.5 Å². The molecular weight excluding hydrogens is 380 g/mol. The van der Waals surface area contributed by atoms with Gasteiger partial charge < -0.3 is 15.0 Å². The number of aromatic nitrogens is 5. The molecule has 27 heavy (non-hydrogen) atoms. The Balaban J connectivity index is 1.87. The van der Waals surface area contributed by atoms with Gasteiger partial charge in [0.25, 0.3) is 0 Å². The van der Waals surface area contributed by atoms with Crippen LogP contribution in [0.1, 0.15) is 0 Å². The fraction of sp³-hybridized carbons (Fsp3) is 0.222. The van der Waals surface area contributed by atoms with Gasteiger partial charge in [-0.15, -0.1) is 0 Å². The maximum atomic E-state index is 5.97. The van der Waals surface area contributed by atoms with E-state index in [9.17, 15) is 0 Å². The molecule has 0 saturated heterocycles. The van der Waals surface area contributed by atoms with Crippen molar-refractivity contribution in [2.24, 2.45) is 7.05 Å². The van der Waals surface area contributed by atoms with Crippen molar-refractivity contribution in [3.63, 3.8) is 0 Å². The molecule has 0 saturated carbocycles. The molecular formula is C18H18N6OS2. The maximum Gasteiger partial charge on any atom is 0.168 e. The molecule has 3 heterocycles. The zero-order chi connectivity index (χ0) is 18.8. The van der Waals surface area contributed by atoms with E-state index in [1.54, 1.807) is 18.9 Å². The molecule has 0 aliphatic carbocycles. The normalized spacial score (nSPS) is 11.3. The minimum atomic E-state index is 0.389. The molecule has 4 rings (SSSR count). The van der Waals surface area contributed by atoms with Crippen LogP contribution in [-0.2, 0) is 11.8 Å². The van der Waals surface area contributed by atoms with Crippen molar-refractivity contribution in [2.75, 3.05) is 25.2 Å². The third-order valence-corrected chi connectivity index (χ3v) is 6.01. The minimum Gasteiger partial charge on any atom is -0.384 e. The summed E-state index contributed by atoms with van der Waals surface area (Å²) in [6.07, 6.45) is 1.47. The second-order valence-corrected chi connectivity index (χ2v) is 7.83. The summed E-state index contributed by atoms with van der Waals surface area (Å²) in [6, 6.07) is 10.1. The molecule has 0 fully saturated rings. The Morgan fingerprint density at radius 2 is 2.00 bits per heavy atom. The first kappa shape index (κ1) is 17.9. The minimum absolute atomic E-state index is 0.389. The van der Waals surface area contributed by atoms with Crippen molar-refractivity contribution in [1.29, 1.82) is 0 Å². The number of anilines is 1. The van der Waals surface area contributed by atoms with Gasteiger partial charge in [0.15, 0.2) is 11.0 Å². The highest BCUT2D eigenvalue weighted by Crippen LogP contribution is 2.38. The topological polar surface area (TPSA) is 91.7 Å². The summed E-state index contributed by atoms with van der Waals surface area (Å²) >= 11 is 3.15. The van der Waals surface area contributed by atoms with Gasteiger partial charge >= 0.3 is 0 Å². The number of nitrogens with two attached hydrogens (primary N) is 1. The molecule has 0 atom stereocenters. The number of rotatable bonds is 6. The van der Waals surface area contributed by atoms with Gasteiger partial charge in [0.05, 0.1) is 6.61 Å². The number of ether oxygens (including phenoxy) is 1. The van der Waals surface area contributed by atoms with Crippen molar-refractivity contribution < 1.29 is 4.74 Å². The van der Waals surface area contributed by atoms with Crippen LogP contribution in [0.15, 0.2) is 41.8 Å². The number of nitrogens with zero attached hydrogens (tertiary/aromatic N) is 5. The van der Waals surface area contributed by atoms with E-state index < -0.39 is 0 Å². The first-order valence-electron chi connectivity index (χ1n) is 8.30. The average Bonchev–Trinajstić information content (AvgIpc) is 3.25. The quantitative estimate of drug-likeness (QED) is 0.393. The van der Waals surface area contributed by atoms with Crippen LogP contribution in [0.4, 0.5) is 5.82 Å². The average molecular weight is 399 g/mol.